The van der Waals surface area contributed by atoms with Gasteiger partial charge in [0.25, 0.3) is 0 Å². The van der Waals surface area contributed by atoms with Crippen molar-refractivity contribution in [3.63, 3.8) is 0 Å². The first-order chi connectivity index (χ1) is 5.07. The van der Waals surface area contributed by atoms with Crippen molar-refractivity contribution in [2.45, 2.75) is 20.0 Å². The molecule has 0 rings (SSSR count). The van der Waals surface area contributed by atoms with Crippen molar-refractivity contribution in [1.29, 1.82) is 0 Å². The van der Waals surface area contributed by atoms with E-state index < -0.39 is 12.1 Å². The van der Waals surface area contributed by atoms with Crippen molar-refractivity contribution in [3.8, 4) is 0 Å². The van der Waals surface area contributed by atoms with Crippen LogP contribution in [0.2, 0.25) is 0 Å². The Morgan fingerprint density at radius 3 is 2.58 bits per heavy atom. The van der Waals surface area contributed by atoms with Crippen LogP contribution in [0.4, 0.5) is 0 Å². The average Bonchev–Trinajstić information content (AvgIpc) is 1.87. The Balaban J connectivity index is 0. The van der Waals surface area contributed by atoms with E-state index in [1.807, 2.05) is 6.92 Å². The van der Waals surface area contributed by atoms with Crippen LogP contribution in [0.3, 0.4) is 0 Å². The summed E-state index contributed by atoms with van der Waals surface area (Å²) in [4.78, 5) is 10.1. The van der Waals surface area contributed by atoms with Crippen LogP contribution in [-0.2, 0) is 9.53 Å². The number of hydrogen-bond donors (Lipinski definition) is 0. The van der Waals surface area contributed by atoms with E-state index >= 15 is 0 Å². The summed E-state index contributed by atoms with van der Waals surface area (Å²) in [6, 6.07) is 0. The normalized spacial score (nSPS) is 11.2. The second kappa shape index (κ2) is 8.31. The molecule has 0 amide bonds. The number of carbonyl (C=O) groups is 1. The Kier molecular flexibility index (Phi) is 10.5. The fraction of sp³-hybridized carbons (Fsp3) is 0.667. The van der Waals surface area contributed by atoms with E-state index in [9.17, 15) is 9.90 Å². The minimum Gasteiger partial charge on any atom is -0.546 e. The molecule has 0 radical (unpaired) electrons. The van der Waals surface area contributed by atoms with Crippen LogP contribution in [-0.4, -0.2) is 22.2 Å². The smallest absolute Gasteiger partial charge is 0.546 e. The fourth-order valence-corrected chi connectivity index (χ4v) is 1.29. The summed E-state index contributed by atoms with van der Waals surface area (Å²) in [7, 11) is 0. The maximum atomic E-state index is 10.1. The van der Waals surface area contributed by atoms with E-state index in [1.54, 1.807) is 0 Å². The van der Waals surface area contributed by atoms with Gasteiger partial charge in [0.2, 0.25) is 4.38 Å². The molecule has 1 atom stereocenters. The summed E-state index contributed by atoms with van der Waals surface area (Å²) in [6.45, 7) is 3.29. The van der Waals surface area contributed by atoms with Gasteiger partial charge in [0, 0.05) is 0 Å². The molecule has 0 aromatic heterocycles. The van der Waals surface area contributed by atoms with Crippen molar-refractivity contribution in [3.05, 3.63) is 0 Å². The van der Waals surface area contributed by atoms with Gasteiger partial charge in [-0.1, -0.05) is 18.7 Å². The number of rotatable bonds is 3. The quantitative estimate of drug-likeness (QED) is 0.376. The maximum absolute atomic E-state index is 10.1. The molecule has 3 nitrogen and oxygen atoms in total. The molecular formula is C6H9NaO3S2. The monoisotopic (exact) mass is 216 g/mol. The summed E-state index contributed by atoms with van der Waals surface area (Å²) in [5.74, 6) is -0.470. The number of carboxylic acids is 1. The Hall–Kier alpha value is 0.710. The van der Waals surface area contributed by atoms with E-state index in [4.69, 9.17) is 17.0 Å². The van der Waals surface area contributed by atoms with Crippen LogP contribution in [0.5, 0.6) is 0 Å². The maximum Gasteiger partial charge on any atom is 1.00 e. The summed E-state index contributed by atoms with van der Waals surface area (Å²) in [5, 5.41) is 10.1. The molecule has 0 aliphatic carbocycles. The standard InChI is InChI=1S/C6H10O3S2.Na/c1-3-11-6(10)9-4(2)5(7)8;/h4H,3H2,1-2H3,(H,7,8);/q;+1/p-1/t4-;/m0./s1. The molecule has 0 aliphatic rings. The van der Waals surface area contributed by atoms with Crippen LogP contribution in [0.1, 0.15) is 13.8 Å². The average molecular weight is 216 g/mol. The largest absolute Gasteiger partial charge is 1.00 e. The van der Waals surface area contributed by atoms with Gasteiger partial charge in [-0.15, -0.1) is 0 Å². The van der Waals surface area contributed by atoms with Gasteiger partial charge in [-0.25, -0.2) is 0 Å². The third-order valence-electron chi connectivity index (χ3n) is 0.867. The van der Waals surface area contributed by atoms with Gasteiger partial charge >= 0.3 is 29.6 Å². The van der Waals surface area contributed by atoms with Crippen LogP contribution in [0.15, 0.2) is 0 Å². The molecule has 0 aliphatic heterocycles. The van der Waals surface area contributed by atoms with E-state index in [1.165, 1.54) is 18.7 Å². The van der Waals surface area contributed by atoms with Crippen molar-refractivity contribution in [2.24, 2.45) is 0 Å². The third kappa shape index (κ3) is 7.36. The molecule has 0 aromatic carbocycles. The number of aliphatic carboxylic acids is 1. The molecular weight excluding hydrogens is 207 g/mol. The first-order valence-corrected chi connectivity index (χ1v) is 4.51. The number of thiocarbonyl (C=S) groups is 1. The second-order valence-electron chi connectivity index (χ2n) is 1.76. The van der Waals surface area contributed by atoms with E-state index in [2.05, 4.69) is 0 Å². The van der Waals surface area contributed by atoms with Gasteiger partial charge in [-0.3, -0.25) is 0 Å². The van der Waals surface area contributed by atoms with Crippen LogP contribution >= 0.6 is 24.0 Å². The third-order valence-corrected chi connectivity index (χ3v) is 1.94. The van der Waals surface area contributed by atoms with Crippen molar-refractivity contribution in [1.82, 2.24) is 0 Å². The molecule has 0 spiro atoms. The first kappa shape index (κ1) is 15.2. The van der Waals surface area contributed by atoms with Crippen LogP contribution in [0.25, 0.3) is 0 Å². The molecule has 0 fully saturated rings. The molecule has 0 bridgehead atoms. The zero-order valence-electron chi connectivity index (χ0n) is 7.33. The number of carboxylic acid groups (broad SMARTS) is 1. The van der Waals surface area contributed by atoms with Gasteiger partial charge in [0.1, 0.15) is 6.10 Å². The number of ether oxygens (including phenoxy) is 1. The van der Waals surface area contributed by atoms with Gasteiger partial charge in [0.05, 0.1) is 5.97 Å². The fourth-order valence-electron chi connectivity index (χ4n) is 0.344. The summed E-state index contributed by atoms with van der Waals surface area (Å²) in [6.07, 6.45) is -0.957. The van der Waals surface area contributed by atoms with Gasteiger partial charge in [0.15, 0.2) is 0 Å². The molecule has 0 unspecified atom stereocenters. The first-order valence-electron chi connectivity index (χ1n) is 3.12. The number of thioether (sulfide) groups is 1. The van der Waals surface area contributed by atoms with E-state index in [-0.39, 0.29) is 33.9 Å². The molecule has 12 heavy (non-hydrogen) atoms. The molecule has 0 saturated heterocycles. The summed E-state index contributed by atoms with van der Waals surface area (Å²) >= 11 is 5.99. The minimum atomic E-state index is -1.25. The summed E-state index contributed by atoms with van der Waals surface area (Å²) < 4.78 is 5.04. The van der Waals surface area contributed by atoms with E-state index in [0.29, 0.717) is 0 Å². The number of carbonyl (C=O) groups excluding carboxylic acids is 1. The Morgan fingerprint density at radius 2 is 2.25 bits per heavy atom. The van der Waals surface area contributed by atoms with Crippen molar-refractivity contribution in [2.75, 3.05) is 5.75 Å². The van der Waals surface area contributed by atoms with Crippen molar-refractivity contribution < 1.29 is 44.2 Å². The van der Waals surface area contributed by atoms with Crippen LogP contribution < -0.4 is 34.7 Å². The number of hydrogen-bond acceptors (Lipinski definition) is 5. The van der Waals surface area contributed by atoms with Gasteiger partial charge in [-0.2, -0.15) is 0 Å². The molecule has 0 saturated carbocycles. The van der Waals surface area contributed by atoms with Gasteiger partial charge < -0.3 is 14.6 Å². The van der Waals surface area contributed by atoms with Crippen LogP contribution in [0, 0.1) is 0 Å². The zero-order chi connectivity index (χ0) is 8.85. The van der Waals surface area contributed by atoms with E-state index in [0.717, 1.165) is 5.75 Å². The minimum absolute atomic E-state index is 0. The molecule has 0 heterocycles. The Morgan fingerprint density at radius 1 is 1.75 bits per heavy atom. The predicted octanol–water partition coefficient (Wildman–Crippen LogP) is -2.82. The molecule has 0 aromatic rings. The molecule has 0 N–H and O–H groups in total. The predicted molar refractivity (Wildman–Crippen MR) is 46.3 cm³/mol. The SMILES string of the molecule is CCSC(=S)O[C@@H](C)C(=O)[O-].[Na+]. The second-order valence-corrected chi connectivity index (χ2v) is 3.63. The molecule has 6 heteroatoms. The Bertz CT molecular complexity index is 163. The van der Waals surface area contributed by atoms with Crippen molar-refractivity contribution >= 4 is 34.3 Å². The Labute approximate surface area is 104 Å². The van der Waals surface area contributed by atoms with Gasteiger partial charge in [-0.05, 0) is 24.9 Å². The zero-order valence-corrected chi connectivity index (χ0v) is 11.0. The topological polar surface area (TPSA) is 49.4 Å². The summed E-state index contributed by atoms with van der Waals surface area (Å²) in [5.41, 5.74) is 0. The molecule has 64 valence electrons.